The van der Waals surface area contributed by atoms with Crippen LogP contribution in [-0.4, -0.2) is 56.9 Å². The lowest BCUT2D eigenvalue weighted by Gasteiger charge is -2.23. The highest BCUT2D eigenvalue weighted by molar-refractivity contribution is 8.13. The summed E-state index contributed by atoms with van der Waals surface area (Å²) in [5, 5.41) is 3.55. The monoisotopic (exact) mass is 301 g/mol. The Kier molecular flexibility index (Phi) is 10.7. The zero-order chi connectivity index (χ0) is 10.3. The number of hydrogen-bond donors (Lipinski definition) is 2. The summed E-state index contributed by atoms with van der Waals surface area (Å²) in [6.45, 7) is 7.73. The molecule has 7 heteroatoms. The smallest absolute Gasteiger partial charge is 0.255 e. The zero-order valence-electron chi connectivity index (χ0n) is 9.96. The first-order chi connectivity index (χ1) is 7.45. The highest BCUT2D eigenvalue weighted by Crippen LogP contribution is 1.99. The van der Waals surface area contributed by atoms with Crippen LogP contribution in [0.3, 0.4) is 0 Å². The molecule has 102 valence electrons. The van der Waals surface area contributed by atoms with Gasteiger partial charge in [-0.2, -0.15) is 0 Å². The third-order valence-electron chi connectivity index (χ3n) is 2.85. The summed E-state index contributed by atoms with van der Waals surface area (Å²) in [7, 11) is 0. The maximum atomic E-state index is 5.34. The second-order valence-electron chi connectivity index (χ2n) is 4.03. The first-order valence-electron chi connectivity index (χ1n) is 5.87. The molecule has 0 spiro atoms. The number of morpholine rings is 1. The Morgan fingerprint density at radius 3 is 2.71 bits per heavy atom. The number of nitrogens with two attached hydrogens (primary N) is 1. The van der Waals surface area contributed by atoms with Crippen LogP contribution in [-0.2, 0) is 4.74 Å². The van der Waals surface area contributed by atoms with Crippen molar-refractivity contribution in [1.29, 1.82) is 0 Å². The Hall–Kier alpha value is 0.480. The molecule has 0 saturated carbocycles. The number of nitrogens with zero attached hydrogens (tertiary/aromatic N) is 1. The predicted molar refractivity (Wildman–Crippen MR) is 62.6 cm³/mol. The van der Waals surface area contributed by atoms with E-state index in [0.29, 0.717) is 0 Å². The summed E-state index contributed by atoms with van der Waals surface area (Å²) in [4.78, 5) is 6.19. The number of nitrogens with one attached hydrogen (secondary N) is 1. The minimum atomic E-state index is 0. The van der Waals surface area contributed by atoms with Crippen molar-refractivity contribution in [3.05, 3.63) is 0 Å². The molecule has 0 radical (unpaired) electrons. The fourth-order valence-corrected chi connectivity index (χ4v) is 2.90. The van der Waals surface area contributed by atoms with E-state index < -0.39 is 0 Å². The summed E-state index contributed by atoms with van der Waals surface area (Å²) >= 11 is 1.92. The first-order valence-corrected chi connectivity index (χ1v) is 6.85. The fourth-order valence-electron chi connectivity index (χ4n) is 1.89. The number of hydrogen-bond acceptors (Lipinski definition) is 3. The van der Waals surface area contributed by atoms with E-state index in [2.05, 4.69) is 10.3 Å². The molecule has 2 aliphatic rings. The van der Waals surface area contributed by atoms with Crippen LogP contribution in [0.4, 0.5) is 0 Å². The molecule has 4 nitrogen and oxygen atoms in total. The first kappa shape index (κ1) is 17.5. The molecule has 2 heterocycles. The van der Waals surface area contributed by atoms with Gasteiger partial charge in [-0.25, -0.2) is 4.99 Å². The normalized spacial score (nSPS) is 21.1. The average Bonchev–Trinajstić information content (AvgIpc) is 2.32. The standard InChI is InChI=1S/C10H19N3OS.2ClH/c1-2-11-10(12-3-1)15-9-6-13-4-7-14-8-5-13;;/h1-9H2,(H,11,12);2*1H. The second kappa shape index (κ2) is 10.4. The molecule has 17 heavy (non-hydrogen) atoms. The Labute approximate surface area is 120 Å². The van der Waals surface area contributed by atoms with Crippen molar-refractivity contribution in [3.8, 4) is 0 Å². The largest absolute Gasteiger partial charge is 1.00 e. The number of amidine groups is 1. The van der Waals surface area contributed by atoms with E-state index in [1.54, 1.807) is 4.90 Å². The van der Waals surface area contributed by atoms with Crippen LogP contribution in [0.5, 0.6) is 0 Å². The van der Waals surface area contributed by atoms with Crippen molar-refractivity contribution >= 4 is 16.9 Å². The molecule has 2 rings (SSSR count). The highest BCUT2D eigenvalue weighted by atomic mass is 35.5. The topological polar surface area (TPSA) is 42.6 Å². The molecule has 0 bridgehead atoms. The van der Waals surface area contributed by atoms with Gasteiger partial charge in [-0.3, -0.25) is 5.32 Å². The number of quaternary nitrogens is 2. The molecule has 1 saturated heterocycles. The number of halogens is 2. The molecule has 0 aromatic heterocycles. The summed E-state index contributed by atoms with van der Waals surface area (Å²) < 4.78 is 5.34. The van der Waals surface area contributed by atoms with Crippen molar-refractivity contribution in [1.82, 2.24) is 0 Å². The number of aliphatic imine (C=N–C) groups is 1. The van der Waals surface area contributed by atoms with Gasteiger partial charge in [-0.05, 0) is 11.8 Å². The highest BCUT2D eigenvalue weighted by Gasteiger charge is 2.15. The molecular weight excluding hydrogens is 281 g/mol. The molecule has 1 fully saturated rings. The van der Waals surface area contributed by atoms with E-state index in [-0.39, 0.29) is 24.8 Å². The van der Waals surface area contributed by atoms with Gasteiger partial charge < -0.3 is 34.5 Å². The maximum absolute atomic E-state index is 5.34. The zero-order valence-corrected chi connectivity index (χ0v) is 12.3. The molecule has 2 aliphatic heterocycles. The Morgan fingerprint density at radius 2 is 2.06 bits per heavy atom. The van der Waals surface area contributed by atoms with Crippen LogP contribution in [0, 0.1) is 0 Å². The van der Waals surface area contributed by atoms with Crippen LogP contribution < -0.4 is 35.0 Å². The van der Waals surface area contributed by atoms with Gasteiger partial charge >= 0.3 is 0 Å². The van der Waals surface area contributed by atoms with Crippen molar-refractivity contribution < 1.29 is 39.8 Å². The third-order valence-corrected chi connectivity index (χ3v) is 3.85. The Morgan fingerprint density at radius 1 is 1.29 bits per heavy atom. The van der Waals surface area contributed by atoms with Gasteiger partial charge in [0, 0.05) is 6.42 Å². The molecule has 0 aromatic rings. The minimum absolute atomic E-state index is 0. The molecule has 0 aromatic carbocycles. The van der Waals surface area contributed by atoms with Crippen LogP contribution in [0.1, 0.15) is 6.42 Å². The quantitative estimate of drug-likeness (QED) is 0.544. The maximum Gasteiger partial charge on any atom is 0.255 e. The van der Waals surface area contributed by atoms with Crippen LogP contribution in [0.2, 0.25) is 0 Å². The predicted octanol–water partition coefficient (Wildman–Crippen LogP) is -8.03. The number of rotatable bonds is 3. The van der Waals surface area contributed by atoms with E-state index >= 15 is 0 Å². The van der Waals surface area contributed by atoms with Crippen molar-refractivity contribution in [2.24, 2.45) is 4.99 Å². The fraction of sp³-hybridized carbons (Fsp3) is 0.900. The van der Waals surface area contributed by atoms with E-state index in [0.717, 1.165) is 19.8 Å². The van der Waals surface area contributed by atoms with Gasteiger partial charge in [0.25, 0.3) is 5.17 Å². The van der Waals surface area contributed by atoms with Gasteiger partial charge in [0.05, 0.1) is 38.6 Å². The minimum Gasteiger partial charge on any atom is -1.00 e. The summed E-state index contributed by atoms with van der Waals surface area (Å²) in [5.74, 6) is 1.20. The van der Waals surface area contributed by atoms with Crippen LogP contribution in [0.25, 0.3) is 0 Å². The Bertz CT molecular complexity index is 226. The number of thioether (sulfide) groups is 1. The van der Waals surface area contributed by atoms with E-state index in [1.165, 1.54) is 43.5 Å². The van der Waals surface area contributed by atoms with Gasteiger partial charge in [-0.1, -0.05) is 0 Å². The lowest BCUT2D eigenvalue weighted by molar-refractivity contribution is -0.905. The van der Waals surface area contributed by atoms with Gasteiger partial charge in [0.2, 0.25) is 0 Å². The molecule has 0 aliphatic carbocycles. The number of ether oxygens (including phenoxy) is 1. The molecule has 0 atom stereocenters. The van der Waals surface area contributed by atoms with Gasteiger partial charge in [0.1, 0.15) is 13.1 Å². The lowest BCUT2D eigenvalue weighted by atomic mass is 10.4. The summed E-state index contributed by atoms with van der Waals surface area (Å²) in [5.41, 5.74) is 0. The molecular formula is C10H21Cl2N3OS. The van der Waals surface area contributed by atoms with Gasteiger partial charge in [-0.15, -0.1) is 0 Å². The lowest BCUT2D eigenvalue weighted by Crippen LogP contribution is -3.14. The van der Waals surface area contributed by atoms with E-state index in [1.807, 2.05) is 11.8 Å². The molecule has 0 amide bonds. The van der Waals surface area contributed by atoms with Crippen molar-refractivity contribution in [3.63, 3.8) is 0 Å². The van der Waals surface area contributed by atoms with E-state index in [4.69, 9.17) is 4.74 Å². The summed E-state index contributed by atoms with van der Waals surface area (Å²) in [6, 6.07) is 0. The molecule has 3 N–H and O–H groups in total. The van der Waals surface area contributed by atoms with Crippen molar-refractivity contribution in [2.75, 3.05) is 51.7 Å². The van der Waals surface area contributed by atoms with Crippen molar-refractivity contribution in [2.45, 2.75) is 6.42 Å². The summed E-state index contributed by atoms with van der Waals surface area (Å²) in [6.07, 6.45) is 1.23. The SMILES string of the molecule is C1CN=C(SCC[NH+]2CCOCC2)[NH2+]C1.[Cl-].[Cl-]. The van der Waals surface area contributed by atoms with Gasteiger partial charge in [0.15, 0.2) is 0 Å². The second-order valence-corrected chi connectivity index (χ2v) is 5.14. The average molecular weight is 302 g/mol. The van der Waals surface area contributed by atoms with Crippen LogP contribution in [0.15, 0.2) is 4.99 Å². The van der Waals surface area contributed by atoms with E-state index in [9.17, 15) is 0 Å². The Balaban J connectivity index is 0.00000128. The molecule has 0 unspecified atom stereocenters. The van der Waals surface area contributed by atoms with Crippen LogP contribution >= 0.6 is 11.8 Å². The third kappa shape index (κ3) is 6.84.